The third-order valence-electron chi connectivity index (χ3n) is 3.02. The predicted octanol–water partition coefficient (Wildman–Crippen LogP) is 2.28. The number of unbranched alkanes of at least 4 members (excludes halogenated alkanes) is 3. The number of rotatable bonds is 7. The number of aromatic nitrogens is 1. The van der Waals surface area contributed by atoms with Crippen LogP contribution in [0.25, 0.3) is 0 Å². The molecule has 112 valence electrons. The van der Waals surface area contributed by atoms with Crippen LogP contribution in [0.3, 0.4) is 0 Å². The van der Waals surface area contributed by atoms with Crippen molar-refractivity contribution < 1.29 is 19.1 Å². The van der Waals surface area contributed by atoms with E-state index in [0.717, 1.165) is 24.8 Å². The minimum Gasteiger partial charge on any atom is -0.465 e. The normalized spacial score (nSPS) is 9.76. The number of esters is 2. The molecule has 0 spiro atoms. The molecule has 21 heavy (non-hydrogen) atoms. The van der Waals surface area contributed by atoms with Gasteiger partial charge in [-0.05, 0) is 30.9 Å². The van der Waals surface area contributed by atoms with Crippen LogP contribution >= 0.6 is 0 Å². The second-order valence-corrected chi connectivity index (χ2v) is 4.43. The molecule has 0 radical (unpaired) electrons. The number of methoxy groups -OCH3 is 2. The van der Waals surface area contributed by atoms with Gasteiger partial charge in [-0.25, -0.2) is 14.6 Å². The quantitative estimate of drug-likeness (QED) is 0.565. The highest BCUT2D eigenvalue weighted by Crippen LogP contribution is 2.15. The minimum absolute atomic E-state index is 0.0751. The van der Waals surface area contributed by atoms with Gasteiger partial charge in [0.2, 0.25) is 0 Å². The minimum atomic E-state index is -0.597. The SMILES string of the molecule is COC(=O)c1cc(C(=O)OC)c(CCCCCC#N)cn1. The summed E-state index contributed by atoms with van der Waals surface area (Å²) in [6.45, 7) is 0. The van der Waals surface area contributed by atoms with Crippen molar-refractivity contribution in [1.82, 2.24) is 4.98 Å². The predicted molar refractivity (Wildman–Crippen MR) is 74.7 cm³/mol. The standard InChI is InChI=1S/C15H18N2O4/c1-20-14(18)12-9-13(15(19)21-2)17-10-11(12)7-5-3-4-6-8-16/h9-10H,3-7H2,1-2H3. The molecule has 0 fully saturated rings. The lowest BCUT2D eigenvalue weighted by Crippen LogP contribution is -2.11. The summed E-state index contributed by atoms with van der Waals surface area (Å²) in [6, 6.07) is 3.48. The van der Waals surface area contributed by atoms with E-state index in [1.807, 2.05) is 0 Å². The Labute approximate surface area is 123 Å². The van der Waals surface area contributed by atoms with Gasteiger partial charge in [-0.15, -0.1) is 0 Å². The molecular weight excluding hydrogens is 272 g/mol. The molecule has 0 bridgehead atoms. The molecule has 6 nitrogen and oxygen atoms in total. The average Bonchev–Trinajstić information content (AvgIpc) is 2.53. The summed E-state index contributed by atoms with van der Waals surface area (Å²) in [5.41, 5.74) is 1.13. The molecule has 1 rings (SSSR count). The third-order valence-corrected chi connectivity index (χ3v) is 3.02. The lowest BCUT2D eigenvalue weighted by molar-refractivity contribution is 0.0593. The number of hydrogen-bond acceptors (Lipinski definition) is 6. The van der Waals surface area contributed by atoms with Crippen molar-refractivity contribution in [2.45, 2.75) is 32.1 Å². The zero-order valence-electron chi connectivity index (χ0n) is 12.2. The Bertz CT molecular complexity index is 549. The van der Waals surface area contributed by atoms with E-state index in [1.165, 1.54) is 26.5 Å². The Morgan fingerprint density at radius 3 is 2.52 bits per heavy atom. The molecule has 6 heteroatoms. The molecule has 0 atom stereocenters. The Kier molecular flexibility index (Phi) is 6.88. The molecule has 1 heterocycles. The van der Waals surface area contributed by atoms with Gasteiger partial charge < -0.3 is 9.47 Å². The molecule has 0 amide bonds. The average molecular weight is 290 g/mol. The summed E-state index contributed by atoms with van der Waals surface area (Å²) in [6.07, 6.45) is 5.24. The number of nitriles is 1. The van der Waals surface area contributed by atoms with Crippen LogP contribution < -0.4 is 0 Å². The lowest BCUT2D eigenvalue weighted by Gasteiger charge is -2.09. The third kappa shape index (κ3) is 4.88. The van der Waals surface area contributed by atoms with Crippen LogP contribution in [-0.4, -0.2) is 31.1 Å². The fraction of sp³-hybridized carbons (Fsp3) is 0.467. The number of pyridine rings is 1. The first-order valence-electron chi connectivity index (χ1n) is 6.66. The Morgan fingerprint density at radius 1 is 1.19 bits per heavy atom. The zero-order chi connectivity index (χ0) is 15.7. The molecule has 1 aromatic heterocycles. The summed E-state index contributed by atoms with van der Waals surface area (Å²) >= 11 is 0. The molecular formula is C15H18N2O4. The van der Waals surface area contributed by atoms with Crippen LogP contribution in [0.2, 0.25) is 0 Å². The van der Waals surface area contributed by atoms with Crippen molar-refractivity contribution in [3.63, 3.8) is 0 Å². The van der Waals surface area contributed by atoms with Gasteiger partial charge in [0.25, 0.3) is 0 Å². The van der Waals surface area contributed by atoms with E-state index in [1.54, 1.807) is 0 Å². The van der Waals surface area contributed by atoms with Gasteiger partial charge in [0.15, 0.2) is 0 Å². The monoisotopic (exact) mass is 290 g/mol. The maximum atomic E-state index is 11.8. The van der Waals surface area contributed by atoms with Crippen LogP contribution in [0.5, 0.6) is 0 Å². The number of carbonyl (C=O) groups excluding carboxylic acids is 2. The number of hydrogen-bond donors (Lipinski definition) is 0. The molecule has 0 saturated heterocycles. The molecule has 0 aliphatic carbocycles. The van der Waals surface area contributed by atoms with E-state index in [4.69, 9.17) is 10.00 Å². The molecule has 0 aliphatic rings. The first kappa shape index (κ1) is 16.6. The van der Waals surface area contributed by atoms with Crippen molar-refractivity contribution in [3.05, 3.63) is 29.1 Å². The van der Waals surface area contributed by atoms with E-state index in [2.05, 4.69) is 15.8 Å². The van der Waals surface area contributed by atoms with Gasteiger partial charge >= 0.3 is 11.9 Å². The van der Waals surface area contributed by atoms with Crippen molar-refractivity contribution in [1.29, 1.82) is 5.26 Å². The highest BCUT2D eigenvalue weighted by Gasteiger charge is 2.17. The lowest BCUT2D eigenvalue weighted by atomic mass is 10.0. The van der Waals surface area contributed by atoms with Crippen LogP contribution in [0.1, 0.15) is 52.1 Å². The van der Waals surface area contributed by atoms with Crippen LogP contribution in [0.4, 0.5) is 0 Å². The maximum absolute atomic E-state index is 11.8. The Morgan fingerprint density at radius 2 is 1.90 bits per heavy atom. The largest absolute Gasteiger partial charge is 0.465 e. The second kappa shape index (κ2) is 8.69. The summed E-state index contributed by atoms with van der Waals surface area (Å²) in [5.74, 6) is -1.10. The van der Waals surface area contributed by atoms with Crippen molar-refractivity contribution in [2.24, 2.45) is 0 Å². The number of carbonyl (C=O) groups is 2. The second-order valence-electron chi connectivity index (χ2n) is 4.43. The molecule has 0 unspecified atom stereocenters. The molecule has 1 aromatic rings. The number of ether oxygens (including phenoxy) is 2. The highest BCUT2D eigenvalue weighted by atomic mass is 16.5. The Hall–Kier alpha value is -2.42. The van der Waals surface area contributed by atoms with Crippen LogP contribution in [0.15, 0.2) is 12.3 Å². The zero-order valence-corrected chi connectivity index (χ0v) is 12.2. The first-order chi connectivity index (χ1) is 10.1. The summed E-state index contributed by atoms with van der Waals surface area (Å²) < 4.78 is 9.31. The molecule has 0 aliphatic heterocycles. The Balaban J connectivity index is 2.85. The van der Waals surface area contributed by atoms with Gasteiger partial charge in [0.05, 0.1) is 25.9 Å². The van der Waals surface area contributed by atoms with E-state index in [0.29, 0.717) is 18.4 Å². The van der Waals surface area contributed by atoms with Crippen LogP contribution in [-0.2, 0) is 15.9 Å². The maximum Gasteiger partial charge on any atom is 0.356 e. The molecule has 0 N–H and O–H groups in total. The van der Waals surface area contributed by atoms with Gasteiger partial charge in [0, 0.05) is 12.6 Å². The fourth-order valence-electron chi connectivity index (χ4n) is 1.90. The van der Waals surface area contributed by atoms with Gasteiger partial charge in [-0.3, -0.25) is 0 Å². The summed E-state index contributed by atoms with van der Waals surface area (Å²) in [5, 5.41) is 8.47. The van der Waals surface area contributed by atoms with E-state index >= 15 is 0 Å². The number of nitrogens with zero attached hydrogens (tertiary/aromatic N) is 2. The molecule has 0 saturated carbocycles. The number of aryl methyl sites for hydroxylation is 1. The topological polar surface area (TPSA) is 89.3 Å². The smallest absolute Gasteiger partial charge is 0.356 e. The first-order valence-corrected chi connectivity index (χ1v) is 6.66. The van der Waals surface area contributed by atoms with Crippen LogP contribution in [0, 0.1) is 11.3 Å². The van der Waals surface area contributed by atoms with Gasteiger partial charge in [0.1, 0.15) is 5.69 Å². The molecule has 0 aromatic carbocycles. The summed E-state index contributed by atoms with van der Waals surface area (Å²) in [4.78, 5) is 27.2. The van der Waals surface area contributed by atoms with Gasteiger partial charge in [-0.2, -0.15) is 5.26 Å². The van der Waals surface area contributed by atoms with E-state index in [-0.39, 0.29) is 5.69 Å². The fourth-order valence-corrected chi connectivity index (χ4v) is 1.90. The van der Waals surface area contributed by atoms with E-state index in [9.17, 15) is 9.59 Å². The van der Waals surface area contributed by atoms with E-state index < -0.39 is 11.9 Å². The van der Waals surface area contributed by atoms with Crippen molar-refractivity contribution >= 4 is 11.9 Å². The van der Waals surface area contributed by atoms with Crippen molar-refractivity contribution in [3.8, 4) is 6.07 Å². The summed E-state index contributed by atoms with van der Waals surface area (Å²) in [7, 11) is 2.54. The van der Waals surface area contributed by atoms with Crippen molar-refractivity contribution in [2.75, 3.05) is 14.2 Å². The van der Waals surface area contributed by atoms with Gasteiger partial charge in [-0.1, -0.05) is 6.42 Å². The highest BCUT2D eigenvalue weighted by molar-refractivity contribution is 5.95.